The van der Waals surface area contributed by atoms with Gasteiger partial charge in [0.05, 0.1) is 24.9 Å². The van der Waals surface area contributed by atoms with Gasteiger partial charge in [0.15, 0.2) is 0 Å². The van der Waals surface area contributed by atoms with E-state index in [0.717, 1.165) is 6.54 Å². The molecule has 0 aromatic heterocycles. The van der Waals surface area contributed by atoms with Crippen molar-refractivity contribution in [2.45, 2.75) is 52.6 Å². The molecule has 0 fully saturated rings. The minimum Gasteiger partial charge on any atom is -0.389 e. The monoisotopic (exact) mass is 295 g/mol. The van der Waals surface area contributed by atoms with E-state index in [1.807, 2.05) is 39.8 Å². The lowest BCUT2D eigenvalue weighted by Crippen LogP contribution is -2.33. The fraction of sp³-hybridized carbons (Fsp3) is 0.647. The molecule has 0 saturated heterocycles. The van der Waals surface area contributed by atoms with Crippen LogP contribution in [0.4, 0.5) is 0 Å². The Hall–Kier alpha value is -0.940. The molecular formula is C17H29NO3. The van der Waals surface area contributed by atoms with Gasteiger partial charge in [-0.1, -0.05) is 24.3 Å². The van der Waals surface area contributed by atoms with Crippen molar-refractivity contribution in [2.75, 3.05) is 19.8 Å². The maximum Gasteiger partial charge on any atom is 0.0898 e. The molecule has 120 valence electrons. The zero-order chi connectivity index (χ0) is 15.7. The van der Waals surface area contributed by atoms with Crippen molar-refractivity contribution in [1.29, 1.82) is 0 Å². The predicted octanol–water partition coefficient (Wildman–Crippen LogP) is 2.49. The van der Waals surface area contributed by atoms with E-state index in [1.54, 1.807) is 0 Å². The summed E-state index contributed by atoms with van der Waals surface area (Å²) in [6.45, 7) is 10.9. The first kappa shape index (κ1) is 18.1. The number of aliphatic hydroxyl groups is 1. The van der Waals surface area contributed by atoms with Crippen molar-refractivity contribution in [1.82, 2.24) is 5.32 Å². The van der Waals surface area contributed by atoms with Gasteiger partial charge >= 0.3 is 0 Å². The second kappa shape index (κ2) is 9.15. The standard InChI is InChI=1S/C17H29NO3/c1-5-20-12-15-9-7-6-8-14(15)10-18-11-16(19)13-21-17(2,3)4/h6-9,16,18-19H,5,10-13H2,1-4H3. The molecule has 0 radical (unpaired) electrons. The molecule has 0 aliphatic carbocycles. The zero-order valence-electron chi connectivity index (χ0n) is 13.7. The molecule has 0 amide bonds. The van der Waals surface area contributed by atoms with Crippen LogP contribution in [0.3, 0.4) is 0 Å². The summed E-state index contributed by atoms with van der Waals surface area (Å²) in [6, 6.07) is 8.20. The van der Waals surface area contributed by atoms with E-state index >= 15 is 0 Å². The van der Waals surface area contributed by atoms with Gasteiger partial charge in [0.1, 0.15) is 0 Å². The molecular weight excluding hydrogens is 266 g/mol. The van der Waals surface area contributed by atoms with Crippen molar-refractivity contribution in [3.05, 3.63) is 35.4 Å². The van der Waals surface area contributed by atoms with E-state index in [4.69, 9.17) is 9.47 Å². The van der Waals surface area contributed by atoms with Crippen molar-refractivity contribution in [3.63, 3.8) is 0 Å². The summed E-state index contributed by atoms with van der Waals surface area (Å²) in [7, 11) is 0. The Kier molecular flexibility index (Phi) is 7.89. The summed E-state index contributed by atoms with van der Waals surface area (Å²) >= 11 is 0. The van der Waals surface area contributed by atoms with Crippen LogP contribution in [-0.4, -0.2) is 36.6 Å². The van der Waals surface area contributed by atoms with Crippen LogP contribution in [0.25, 0.3) is 0 Å². The van der Waals surface area contributed by atoms with E-state index < -0.39 is 6.10 Å². The summed E-state index contributed by atoms with van der Waals surface area (Å²) in [6.07, 6.45) is -0.497. The van der Waals surface area contributed by atoms with Crippen molar-refractivity contribution < 1.29 is 14.6 Å². The van der Waals surface area contributed by atoms with Gasteiger partial charge in [0.25, 0.3) is 0 Å². The molecule has 1 atom stereocenters. The van der Waals surface area contributed by atoms with Gasteiger partial charge in [-0.15, -0.1) is 0 Å². The quantitative estimate of drug-likeness (QED) is 0.735. The highest BCUT2D eigenvalue weighted by atomic mass is 16.5. The van der Waals surface area contributed by atoms with Gasteiger partial charge in [-0.2, -0.15) is 0 Å². The largest absolute Gasteiger partial charge is 0.389 e. The Morgan fingerprint density at radius 1 is 1.19 bits per heavy atom. The number of aliphatic hydroxyl groups excluding tert-OH is 1. The fourth-order valence-corrected chi connectivity index (χ4v) is 1.86. The van der Waals surface area contributed by atoms with Crippen LogP contribution in [0.2, 0.25) is 0 Å². The lowest BCUT2D eigenvalue weighted by atomic mass is 10.1. The van der Waals surface area contributed by atoms with E-state index in [9.17, 15) is 5.11 Å². The fourth-order valence-electron chi connectivity index (χ4n) is 1.86. The molecule has 1 rings (SSSR count). The molecule has 4 nitrogen and oxygen atoms in total. The van der Waals surface area contributed by atoms with Gasteiger partial charge in [-0.3, -0.25) is 0 Å². The summed E-state index contributed by atoms with van der Waals surface area (Å²) in [5, 5.41) is 13.2. The van der Waals surface area contributed by atoms with E-state index in [2.05, 4.69) is 17.4 Å². The summed E-state index contributed by atoms with van der Waals surface area (Å²) in [5.41, 5.74) is 2.17. The number of ether oxygens (including phenoxy) is 2. The second-order valence-electron chi connectivity index (χ2n) is 6.11. The minimum absolute atomic E-state index is 0.217. The first-order chi connectivity index (χ1) is 9.92. The summed E-state index contributed by atoms with van der Waals surface area (Å²) in [5.74, 6) is 0. The van der Waals surface area contributed by atoms with Crippen molar-refractivity contribution in [2.24, 2.45) is 0 Å². The molecule has 0 aliphatic rings. The van der Waals surface area contributed by atoms with Gasteiger partial charge in [-0.05, 0) is 38.8 Å². The molecule has 1 unspecified atom stereocenters. The Morgan fingerprint density at radius 3 is 2.48 bits per heavy atom. The number of benzene rings is 1. The predicted molar refractivity (Wildman–Crippen MR) is 85.2 cm³/mol. The van der Waals surface area contributed by atoms with Gasteiger partial charge in [0.2, 0.25) is 0 Å². The maximum absolute atomic E-state index is 9.89. The molecule has 1 aromatic carbocycles. The van der Waals surface area contributed by atoms with Crippen LogP contribution in [0.1, 0.15) is 38.8 Å². The SMILES string of the molecule is CCOCc1ccccc1CNCC(O)COC(C)(C)C. The number of nitrogens with one attached hydrogen (secondary N) is 1. The Bertz CT molecular complexity index is 401. The zero-order valence-corrected chi connectivity index (χ0v) is 13.7. The average Bonchev–Trinajstić information content (AvgIpc) is 2.43. The van der Waals surface area contributed by atoms with Gasteiger partial charge in [0, 0.05) is 19.7 Å². The summed E-state index contributed by atoms with van der Waals surface area (Å²) < 4.78 is 11.0. The third kappa shape index (κ3) is 8.17. The van der Waals surface area contributed by atoms with E-state index in [0.29, 0.717) is 26.4 Å². The Morgan fingerprint density at radius 2 is 1.86 bits per heavy atom. The van der Waals surface area contributed by atoms with Crippen LogP contribution in [0.5, 0.6) is 0 Å². The lowest BCUT2D eigenvalue weighted by molar-refractivity contribution is -0.0479. The van der Waals surface area contributed by atoms with Crippen LogP contribution < -0.4 is 5.32 Å². The van der Waals surface area contributed by atoms with Crippen LogP contribution in [0, 0.1) is 0 Å². The Labute approximate surface area is 128 Å². The van der Waals surface area contributed by atoms with E-state index in [1.165, 1.54) is 11.1 Å². The molecule has 0 aliphatic heterocycles. The van der Waals surface area contributed by atoms with Crippen LogP contribution >= 0.6 is 0 Å². The van der Waals surface area contributed by atoms with Gasteiger partial charge in [-0.25, -0.2) is 0 Å². The van der Waals surface area contributed by atoms with Crippen LogP contribution in [-0.2, 0) is 22.6 Å². The number of rotatable bonds is 9. The van der Waals surface area contributed by atoms with Crippen molar-refractivity contribution in [3.8, 4) is 0 Å². The van der Waals surface area contributed by atoms with Crippen LogP contribution in [0.15, 0.2) is 24.3 Å². The molecule has 1 aromatic rings. The highest BCUT2D eigenvalue weighted by Gasteiger charge is 2.13. The maximum atomic E-state index is 9.89. The van der Waals surface area contributed by atoms with E-state index in [-0.39, 0.29) is 5.60 Å². The third-order valence-corrected chi connectivity index (χ3v) is 2.98. The second-order valence-corrected chi connectivity index (χ2v) is 6.11. The lowest BCUT2D eigenvalue weighted by Gasteiger charge is -2.22. The smallest absolute Gasteiger partial charge is 0.0898 e. The number of hydrogen-bond donors (Lipinski definition) is 2. The summed E-state index contributed by atoms with van der Waals surface area (Å²) in [4.78, 5) is 0. The molecule has 0 saturated carbocycles. The molecule has 0 heterocycles. The third-order valence-electron chi connectivity index (χ3n) is 2.98. The number of hydrogen-bond acceptors (Lipinski definition) is 4. The molecule has 0 bridgehead atoms. The normalized spacial score (nSPS) is 13.4. The highest BCUT2D eigenvalue weighted by Crippen LogP contribution is 2.10. The topological polar surface area (TPSA) is 50.7 Å². The first-order valence-corrected chi connectivity index (χ1v) is 7.59. The average molecular weight is 295 g/mol. The van der Waals surface area contributed by atoms with Crippen molar-refractivity contribution >= 4 is 0 Å². The molecule has 0 spiro atoms. The minimum atomic E-state index is -0.497. The first-order valence-electron chi connectivity index (χ1n) is 7.59. The van der Waals surface area contributed by atoms with Gasteiger partial charge < -0.3 is 19.9 Å². The molecule has 21 heavy (non-hydrogen) atoms. The Balaban J connectivity index is 2.35. The molecule has 2 N–H and O–H groups in total. The molecule has 4 heteroatoms. The highest BCUT2D eigenvalue weighted by molar-refractivity contribution is 5.26.